The van der Waals surface area contributed by atoms with Gasteiger partial charge in [-0.3, -0.25) is 0 Å². The number of aliphatic hydroxyl groups is 1. The van der Waals surface area contributed by atoms with Gasteiger partial charge in [-0.15, -0.1) is 0 Å². The van der Waals surface area contributed by atoms with Crippen molar-refractivity contribution >= 4 is 5.69 Å². The number of benzene rings is 1. The first kappa shape index (κ1) is 11.5. The number of hydrogen-bond donors (Lipinski definition) is 1. The molecule has 0 aliphatic carbocycles. The first-order valence-corrected chi connectivity index (χ1v) is 6.26. The Balaban J connectivity index is 2.23. The molecular formula is C14H21NO. The Labute approximate surface area is 97.9 Å². The minimum atomic E-state index is 0.240. The van der Waals surface area contributed by atoms with Gasteiger partial charge in [0.15, 0.2) is 0 Å². The zero-order chi connectivity index (χ0) is 11.4. The average Bonchev–Trinajstić information content (AvgIpc) is 2.31. The molecule has 1 heterocycles. The van der Waals surface area contributed by atoms with Gasteiger partial charge in [0.1, 0.15) is 0 Å². The molecule has 1 N–H and O–H groups in total. The summed E-state index contributed by atoms with van der Waals surface area (Å²) in [7, 11) is 0. The summed E-state index contributed by atoms with van der Waals surface area (Å²) in [5, 5.41) is 9.11. The highest BCUT2D eigenvalue weighted by molar-refractivity contribution is 5.55. The lowest BCUT2D eigenvalue weighted by atomic mass is 10.0. The molecule has 0 spiro atoms. The van der Waals surface area contributed by atoms with Gasteiger partial charge in [-0.05, 0) is 44.2 Å². The first-order chi connectivity index (χ1) is 7.81. The van der Waals surface area contributed by atoms with E-state index in [0.29, 0.717) is 0 Å². The summed E-state index contributed by atoms with van der Waals surface area (Å²) in [6.45, 7) is 4.69. The van der Waals surface area contributed by atoms with Gasteiger partial charge in [-0.1, -0.05) is 17.7 Å². The van der Waals surface area contributed by atoms with E-state index in [1.807, 2.05) is 0 Å². The maximum atomic E-state index is 9.11. The number of aliphatic hydroxyl groups excluding tert-OH is 1. The van der Waals surface area contributed by atoms with Gasteiger partial charge in [-0.25, -0.2) is 0 Å². The molecule has 0 bridgehead atoms. The van der Waals surface area contributed by atoms with Gasteiger partial charge < -0.3 is 10.0 Å². The number of aryl methyl sites for hydroxylation is 1. The second-order valence-electron chi connectivity index (χ2n) is 4.65. The van der Waals surface area contributed by atoms with Crippen LogP contribution < -0.4 is 4.90 Å². The molecule has 0 atom stereocenters. The Hall–Kier alpha value is -1.02. The van der Waals surface area contributed by atoms with Crippen LogP contribution >= 0.6 is 0 Å². The van der Waals surface area contributed by atoms with Crippen LogP contribution in [0.5, 0.6) is 0 Å². The van der Waals surface area contributed by atoms with Crippen LogP contribution in [-0.4, -0.2) is 24.8 Å². The third-order valence-electron chi connectivity index (χ3n) is 3.31. The smallest absolute Gasteiger partial charge is 0.0472 e. The molecule has 1 aliphatic heterocycles. The maximum absolute atomic E-state index is 9.11. The van der Waals surface area contributed by atoms with Crippen molar-refractivity contribution < 1.29 is 5.11 Å². The fraction of sp³-hybridized carbons (Fsp3) is 0.571. The predicted octanol–water partition coefficient (Wildman–Crippen LogP) is 2.52. The monoisotopic (exact) mass is 219 g/mol. The Morgan fingerprint density at radius 3 is 2.62 bits per heavy atom. The maximum Gasteiger partial charge on any atom is 0.0472 e. The van der Waals surface area contributed by atoms with Crippen molar-refractivity contribution in [3.8, 4) is 0 Å². The molecular weight excluding hydrogens is 198 g/mol. The van der Waals surface area contributed by atoms with Crippen molar-refractivity contribution in [2.75, 3.05) is 24.6 Å². The third-order valence-corrected chi connectivity index (χ3v) is 3.31. The van der Waals surface area contributed by atoms with Gasteiger partial charge >= 0.3 is 0 Å². The Bertz CT molecular complexity index is 343. The Morgan fingerprint density at radius 2 is 1.94 bits per heavy atom. The molecule has 0 amide bonds. The molecule has 1 saturated heterocycles. The molecule has 0 saturated carbocycles. The van der Waals surface area contributed by atoms with Gasteiger partial charge in [0, 0.05) is 25.4 Å². The van der Waals surface area contributed by atoms with E-state index in [4.69, 9.17) is 5.11 Å². The molecule has 88 valence electrons. The predicted molar refractivity (Wildman–Crippen MR) is 68.0 cm³/mol. The largest absolute Gasteiger partial charge is 0.396 e. The van der Waals surface area contributed by atoms with Crippen molar-refractivity contribution in [2.45, 2.75) is 32.6 Å². The van der Waals surface area contributed by atoms with Crippen molar-refractivity contribution in [1.29, 1.82) is 0 Å². The topological polar surface area (TPSA) is 23.5 Å². The van der Waals surface area contributed by atoms with E-state index < -0.39 is 0 Å². The normalized spacial score (nSPS) is 16.5. The molecule has 1 aromatic rings. The lowest BCUT2D eigenvalue weighted by Crippen LogP contribution is -2.30. The number of hydrogen-bond acceptors (Lipinski definition) is 2. The minimum absolute atomic E-state index is 0.240. The van der Waals surface area contributed by atoms with Crippen LogP contribution in [0.1, 0.15) is 30.4 Å². The van der Waals surface area contributed by atoms with E-state index in [2.05, 4.69) is 30.0 Å². The van der Waals surface area contributed by atoms with Gasteiger partial charge in [0.2, 0.25) is 0 Å². The molecule has 1 aromatic carbocycles. The van der Waals surface area contributed by atoms with E-state index in [9.17, 15) is 0 Å². The zero-order valence-corrected chi connectivity index (χ0v) is 10.1. The third kappa shape index (κ3) is 2.56. The minimum Gasteiger partial charge on any atom is -0.396 e. The molecule has 0 radical (unpaired) electrons. The van der Waals surface area contributed by atoms with Crippen LogP contribution in [0.4, 0.5) is 5.69 Å². The van der Waals surface area contributed by atoms with E-state index in [0.717, 1.165) is 6.42 Å². The summed E-state index contributed by atoms with van der Waals surface area (Å²) in [5.74, 6) is 0. The highest BCUT2D eigenvalue weighted by Gasteiger charge is 2.13. The van der Waals surface area contributed by atoms with Crippen LogP contribution in [0.25, 0.3) is 0 Å². The quantitative estimate of drug-likeness (QED) is 0.844. The summed E-state index contributed by atoms with van der Waals surface area (Å²) >= 11 is 0. The van der Waals surface area contributed by atoms with E-state index in [1.54, 1.807) is 0 Å². The summed E-state index contributed by atoms with van der Waals surface area (Å²) < 4.78 is 0. The van der Waals surface area contributed by atoms with Crippen LogP contribution in [-0.2, 0) is 6.42 Å². The van der Waals surface area contributed by atoms with Crippen molar-refractivity contribution in [2.24, 2.45) is 0 Å². The molecule has 2 nitrogen and oxygen atoms in total. The summed E-state index contributed by atoms with van der Waals surface area (Å²) in [6, 6.07) is 6.59. The van der Waals surface area contributed by atoms with Crippen LogP contribution in [0.2, 0.25) is 0 Å². The number of piperidine rings is 1. The molecule has 2 heteroatoms. The molecule has 2 rings (SSSR count). The van der Waals surface area contributed by atoms with E-state index >= 15 is 0 Å². The number of nitrogens with zero attached hydrogens (tertiary/aromatic N) is 1. The summed E-state index contributed by atoms with van der Waals surface area (Å²) in [5.41, 5.74) is 3.91. The molecule has 1 fully saturated rings. The second kappa shape index (κ2) is 5.35. The van der Waals surface area contributed by atoms with E-state index in [-0.39, 0.29) is 6.61 Å². The van der Waals surface area contributed by atoms with E-state index in [1.165, 1.54) is 49.2 Å². The van der Waals surface area contributed by atoms with Gasteiger partial charge in [0.25, 0.3) is 0 Å². The van der Waals surface area contributed by atoms with Crippen LogP contribution in [0.15, 0.2) is 18.2 Å². The second-order valence-corrected chi connectivity index (χ2v) is 4.65. The lowest BCUT2D eigenvalue weighted by Gasteiger charge is -2.30. The first-order valence-electron chi connectivity index (χ1n) is 6.26. The number of rotatable bonds is 3. The van der Waals surface area contributed by atoms with Crippen LogP contribution in [0, 0.1) is 6.92 Å². The summed E-state index contributed by atoms with van der Waals surface area (Å²) in [4.78, 5) is 2.47. The Kier molecular flexibility index (Phi) is 3.83. The fourth-order valence-corrected chi connectivity index (χ4v) is 2.48. The zero-order valence-electron chi connectivity index (χ0n) is 10.1. The standard InChI is InChI=1S/C14H21NO/c1-12-5-6-14(13(11-12)7-10-16)15-8-3-2-4-9-15/h5-6,11,16H,2-4,7-10H2,1H3. The highest BCUT2D eigenvalue weighted by Crippen LogP contribution is 2.25. The molecule has 0 aromatic heterocycles. The van der Waals surface area contributed by atoms with Crippen molar-refractivity contribution in [3.63, 3.8) is 0 Å². The Morgan fingerprint density at radius 1 is 1.19 bits per heavy atom. The van der Waals surface area contributed by atoms with Crippen molar-refractivity contribution in [1.82, 2.24) is 0 Å². The molecule has 0 unspecified atom stereocenters. The van der Waals surface area contributed by atoms with Crippen LogP contribution in [0.3, 0.4) is 0 Å². The van der Waals surface area contributed by atoms with Crippen molar-refractivity contribution in [3.05, 3.63) is 29.3 Å². The highest BCUT2D eigenvalue weighted by atomic mass is 16.2. The average molecular weight is 219 g/mol. The summed E-state index contributed by atoms with van der Waals surface area (Å²) in [6.07, 6.45) is 4.73. The SMILES string of the molecule is Cc1ccc(N2CCCCC2)c(CCO)c1. The fourth-order valence-electron chi connectivity index (χ4n) is 2.48. The molecule has 16 heavy (non-hydrogen) atoms. The van der Waals surface area contributed by atoms with Gasteiger partial charge in [0.05, 0.1) is 0 Å². The number of anilines is 1. The van der Waals surface area contributed by atoms with Gasteiger partial charge in [-0.2, -0.15) is 0 Å². The lowest BCUT2D eigenvalue weighted by molar-refractivity contribution is 0.299. The molecule has 1 aliphatic rings.